The Bertz CT molecular complexity index is 335. The SMILES string of the molecule is FC(F)(F)COCCNc1nccnc1Cl. The summed E-state index contributed by atoms with van der Waals surface area (Å²) in [7, 11) is 0. The molecular formula is C8H9ClF3N3O. The normalized spacial score (nSPS) is 11.5. The minimum atomic E-state index is -4.30. The van der Waals surface area contributed by atoms with Crippen LogP contribution in [0.1, 0.15) is 0 Å². The summed E-state index contributed by atoms with van der Waals surface area (Å²) >= 11 is 5.65. The molecule has 0 atom stereocenters. The number of ether oxygens (including phenoxy) is 1. The van der Waals surface area contributed by atoms with Gasteiger partial charge in [0.15, 0.2) is 11.0 Å². The van der Waals surface area contributed by atoms with Crippen molar-refractivity contribution in [2.24, 2.45) is 0 Å². The first kappa shape index (κ1) is 13.0. The van der Waals surface area contributed by atoms with Crippen LogP contribution in [-0.2, 0) is 4.74 Å². The molecule has 0 aliphatic carbocycles. The van der Waals surface area contributed by atoms with E-state index in [2.05, 4.69) is 20.0 Å². The number of nitrogens with one attached hydrogen (secondary N) is 1. The van der Waals surface area contributed by atoms with Crippen LogP contribution in [0.5, 0.6) is 0 Å². The maximum atomic E-state index is 11.7. The average molecular weight is 256 g/mol. The lowest BCUT2D eigenvalue weighted by atomic mass is 10.6. The van der Waals surface area contributed by atoms with Crippen LogP contribution in [0.4, 0.5) is 19.0 Å². The summed E-state index contributed by atoms with van der Waals surface area (Å²) in [6, 6.07) is 0. The van der Waals surface area contributed by atoms with E-state index in [0.29, 0.717) is 5.82 Å². The molecule has 0 aliphatic heterocycles. The lowest BCUT2D eigenvalue weighted by Crippen LogP contribution is -2.20. The van der Waals surface area contributed by atoms with Crippen molar-refractivity contribution >= 4 is 17.4 Å². The second-order valence-corrected chi connectivity index (χ2v) is 3.15. The summed E-state index contributed by atoms with van der Waals surface area (Å²) in [6.45, 7) is -1.18. The van der Waals surface area contributed by atoms with Crippen LogP contribution < -0.4 is 5.32 Å². The highest BCUT2D eigenvalue weighted by Crippen LogP contribution is 2.15. The van der Waals surface area contributed by atoms with E-state index in [1.807, 2.05) is 0 Å². The minimum Gasteiger partial charge on any atom is -0.370 e. The summed E-state index contributed by atoms with van der Waals surface area (Å²) in [4.78, 5) is 7.58. The fourth-order valence-electron chi connectivity index (χ4n) is 0.869. The van der Waals surface area contributed by atoms with Gasteiger partial charge in [0.2, 0.25) is 0 Å². The molecule has 8 heteroatoms. The zero-order chi connectivity index (χ0) is 12.0. The molecule has 4 nitrogen and oxygen atoms in total. The molecule has 1 heterocycles. The molecule has 0 saturated carbocycles. The van der Waals surface area contributed by atoms with Gasteiger partial charge in [-0.05, 0) is 0 Å². The molecule has 16 heavy (non-hydrogen) atoms. The highest BCUT2D eigenvalue weighted by molar-refractivity contribution is 6.31. The number of nitrogens with zero attached hydrogens (tertiary/aromatic N) is 2. The van der Waals surface area contributed by atoms with Gasteiger partial charge in [-0.2, -0.15) is 13.2 Å². The third-order valence-corrected chi connectivity index (χ3v) is 1.73. The maximum absolute atomic E-state index is 11.7. The Labute approximate surface area is 94.8 Å². The molecule has 0 bridgehead atoms. The molecule has 1 rings (SSSR count). The Morgan fingerprint density at radius 1 is 1.31 bits per heavy atom. The molecule has 0 spiro atoms. The van der Waals surface area contributed by atoms with Crippen molar-refractivity contribution < 1.29 is 17.9 Å². The predicted molar refractivity (Wildman–Crippen MR) is 52.4 cm³/mol. The first-order valence-corrected chi connectivity index (χ1v) is 4.72. The van der Waals surface area contributed by atoms with Crippen LogP contribution in [0, 0.1) is 0 Å². The third-order valence-electron chi connectivity index (χ3n) is 1.46. The van der Waals surface area contributed by atoms with Crippen LogP contribution in [0.25, 0.3) is 0 Å². The number of aromatic nitrogens is 2. The van der Waals surface area contributed by atoms with Gasteiger partial charge in [0.05, 0.1) is 6.61 Å². The van der Waals surface area contributed by atoms with Gasteiger partial charge >= 0.3 is 6.18 Å². The van der Waals surface area contributed by atoms with E-state index in [-0.39, 0.29) is 18.3 Å². The summed E-state index contributed by atoms with van der Waals surface area (Å²) in [5.74, 6) is 0.319. The highest BCUT2D eigenvalue weighted by atomic mass is 35.5. The Morgan fingerprint density at radius 2 is 2.00 bits per heavy atom. The standard InChI is InChI=1S/C8H9ClF3N3O/c9-6-7(14-2-1-13-6)15-3-4-16-5-8(10,11)12/h1-2H,3-5H2,(H,14,15). The van der Waals surface area contributed by atoms with Gasteiger partial charge in [-0.1, -0.05) is 11.6 Å². The molecular weight excluding hydrogens is 247 g/mol. The molecule has 0 saturated heterocycles. The molecule has 0 aliphatic rings. The Hall–Kier alpha value is -1.08. The van der Waals surface area contributed by atoms with Crippen molar-refractivity contribution in [2.45, 2.75) is 6.18 Å². The maximum Gasteiger partial charge on any atom is 0.411 e. The second-order valence-electron chi connectivity index (χ2n) is 2.79. The Kier molecular flexibility index (Phi) is 4.75. The summed E-state index contributed by atoms with van der Waals surface area (Å²) < 4.78 is 39.4. The number of hydrogen-bond acceptors (Lipinski definition) is 4. The first-order chi connectivity index (χ1) is 7.49. The van der Waals surface area contributed by atoms with E-state index < -0.39 is 12.8 Å². The van der Waals surface area contributed by atoms with Gasteiger partial charge in [0.25, 0.3) is 0 Å². The zero-order valence-corrected chi connectivity index (χ0v) is 8.85. The van der Waals surface area contributed by atoms with Crippen LogP contribution in [0.15, 0.2) is 12.4 Å². The fraction of sp³-hybridized carbons (Fsp3) is 0.500. The molecule has 0 unspecified atom stereocenters. The van der Waals surface area contributed by atoms with Crippen LogP contribution >= 0.6 is 11.6 Å². The van der Waals surface area contributed by atoms with E-state index >= 15 is 0 Å². The zero-order valence-electron chi connectivity index (χ0n) is 8.09. The third kappa shape index (κ3) is 5.13. The van der Waals surface area contributed by atoms with E-state index in [0.717, 1.165) is 0 Å². The van der Waals surface area contributed by atoms with Crippen molar-refractivity contribution in [1.29, 1.82) is 0 Å². The van der Waals surface area contributed by atoms with Crippen molar-refractivity contribution in [3.8, 4) is 0 Å². The molecule has 0 amide bonds. The Balaban J connectivity index is 2.19. The molecule has 1 N–H and O–H groups in total. The fourth-order valence-corrected chi connectivity index (χ4v) is 1.04. The van der Waals surface area contributed by atoms with E-state index in [1.165, 1.54) is 12.4 Å². The summed E-state index contributed by atoms with van der Waals surface area (Å²) in [5.41, 5.74) is 0. The number of alkyl halides is 3. The first-order valence-electron chi connectivity index (χ1n) is 4.34. The second kappa shape index (κ2) is 5.86. The van der Waals surface area contributed by atoms with E-state index in [4.69, 9.17) is 11.6 Å². The number of hydrogen-bond donors (Lipinski definition) is 1. The lowest BCUT2D eigenvalue weighted by molar-refractivity contribution is -0.172. The average Bonchev–Trinajstić information content (AvgIpc) is 2.18. The van der Waals surface area contributed by atoms with Crippen molar-refractivity contribution in [2.75, 3.05) is 25.1 Å². The molecule has 0 fully saturated rings. The van der Waals surface area contributed by atoms with Gasteiger partial charge < -0.3 is 10.1 Å². The lowest BCUT2D eigenvalue weighted by Gasteiger charge is -2.08. The summed E-state index contributed by atoms with van der Waals surface area (Å²) in [6.07, 6.45) is -1.47. The van der Waals surface area contributed by atoms with Gasteiger partial charge in [-0.25, -0.2) is 9.97 Å². The minimum absolute atomic E-state index is 0.0909. The van der Waals surface area contributed by atoms with Gasteiger partial charge in [-0.15, -0.1) is 0 Å². The molecule has 0 aromatic carbocycles. The van der Waals surface area contributed by atoms with Gasteiger partial charge in [0, 0.05) is 18.9 Å². The monoisotopic (exact) mass is 255 g/mol. The van der Waals surface area contributed by atoms with E-state index in [1.54, 1.807) is 0 Å². The summed E-state index contributed by atoms with van der Waals surface area (Å²) in [5, 5.41) is 2.87. The molecule has 90 valence electrons. The largest absolute Gasteiger partial charge is 0.411 e. The number of anilines is 1. The van der Waals surface area contributed by atoms with Crippen LogP contribution in [0.2, 0.25) is 5.15 Å². The molecule has 1 aromatic heterocycles. The predicted octanol–water partition coefficient (Wildman–Crippen LogP) is 2.12. The quantitative estimate of drug-likeness (QED) is 0.819. The van der Waals surface area contributed by atoms with Crippen molar-refractivity contribution in [3.63, 3.8) is 0 Å². The van der Waals surface area contributed by atoms with E-state index in [9.17, 15) is 13.2 Å². The van der Waals surface area contributed by atoms with Gasteiger partial charge in [0.1, 0.15) is 6.61 Å². The van der Waals surface area contributed by atoms with Crippen LogP contribution in [-0.4, -0.2) is 35.9 Å². The van der Waals surface area contributed by atoms with Crippen molar-refractivity contribution in [1.82, 2.24) is 9.97 Å². The van der Waals surface area contributed by atoms with Crippen molar-refractivity contribution in [3.05, 3.63) is 17.5 Å². The van der Waals surface area contributed by atoms with Crippen LogP contribution in [0.3, 0.4) is 0 Å². The Morgan fingerprint density at radius 3 is 2.62 bits per heavy atom. The van der Waals surface area contributed by atoms with Gasteiger partial charge in [-0.3, -0.25) is 0 Å². The number of rotatable bonds is 5. The number of halogens is 4. The highest BCUT2D eigenvalue weighted by Gasteiger charge is 2.27. The molecule has 0 radical (unpaired) electrons. The topological polar surface area (TPSA) is 47.0 Å². The smallest absolute Gasteiger partial charge is 0.370 e. The molecule has 1 aromatic rings.